The molecule has 3 aromatic heterocycles. The standard InChI is InChI=1S/C22H26F3N7O2/c23-22(24,25)21-28-27-18-5-6-19(29-32(18)21)31-11-7-15(8-12-31)20(33)26-14-16(17-4-3-13-34-17)30-9-1-2-10-30/h3-6,13,15-16H,1-2,7-12,14H2,(H,26,33). The summed E-state index contributed by atoms with van der Waals surface area (Å²) < 4.78 is 45.8. The number of nitrogens with zero attached hydrogens (tertiary/aromatic N) is 6. The molecule has 0 spiro atoms. The van der Waals surface area contributed by atoms with Gasteiger partial charge < -0.3 is 14.6 Å². The molecule has 34 heavy (non-hydrogen) atoms. The number of furan rings is 1. The molecule has 1 unspecified atom stereocenters. The Balaban J connectivity index is 1.19. The predicted molar refractivity (Wildman–Crippen MR) is 116 cm³/mol. The van der Waals surface area contributed by atoms with Gasteiger partial charge in [-0.1, -0.05) is 0 Å². The normalized spacial score (nSPS) is 19.1. The average molecular weight is 477 g/mol. The van der Waals surface area contributed by atoms with Crippen molar-refractivity contribution in [2.75, 3.05) is 37.6 Å². The van der Waals surface area contributed by atoms with E-state index in [1.54, 1.807) is 12.3 Å². The number of likely N-dealkylation sites (tertiary alicyclic amines) is 1. The van der Waals surface area contributed by atoms with Crippen molar-refractivity contribution < 1.29 is 22.4 Å². The highest BCUT2D eigenvalue weighted by molar-refractivity contribution is 5.79. The molecule has 2 saturated heterocycles. The predicted octanol–water partition coefficient (Wildman–Crippen LogP) is 2.91. The Labute approximate surface area is 193 Å². The van der Waals surface area contributed by atoms with Gasteiger partial charge in [0, 0.05) is 25.6 Å². The molecule has 0 saturated carbocycles. The second-order valence-corrected chi connectivity index (χ2v) is 8.76. The maximum absolute atomic E-state index is 13.2. The third kappa shape index (κ3) is 4.59. The van der Waals surface area contributed by atoms with Gasteiger partial charge in [-0.15, -0.1) is 15.3 Å². The second-order valence-electron chi connectivity index (χ2n) is 8.76. The first-order chi connectivity index (χ1) is 16.4. The van der Waals surface area contributed by atoms with Crippen LogP contribution in [0.2, 0.25) is 0 Å². The van der Waals surface area contributed by atoms with Crippen molar-refractivity contribution >= 4 is 17.4 Å². The molecule has 1 N–H and O–H groups in total. The first-order valence-corrected chi connectivity index (χ1v) is 11.5. The first-order valence-electron chi connectivity index (χ1n) is 11.5. The molecule has 2 aliphatic heterocycles. The van der Waals surface area contributed by atoms with E-state index < -0.39 is 12.0 Å². The summed E-state index contributed by atoms with van der Waals surface area (Å²) in [5.41, 5.74) is 0.0365. The number of aromatic nitrogens is 4. The molecule has 5 heterocycles. The molecule has 0 bridgehead atoms. The fourth-order valence-electron chi connectivity index (χ4n) is 4.78. The minimum atomic E-state index is -4.64. The molecule has 5 rings (SSSR count). The summed E-state index contributed by atoms with van der Waals surface area (Å²) in [5.74, 6) is -0.0505. The topological polar surface area (TPSA) is 91.8 Å². The quantitative estimate of drug-likeness (QED) is 0.584. The summed E-state index contributed by atoms with van der Waals surface area (Å²) in [5, 5.41) is 14.0. The first kappa shape index (κ1) is 22.6. The lowest BCUT2D eigenvalue weighted by atomic mass is 9.95. The van der Waals surface area contributed by atoms with E-state index in [1.807, 2.05) is 17.0 Å². The number of halogens is 3. The lowest BCUT2D eigenvalue weighted by Gasteiger charge is -2.32. The van der Waals surface area contributed by atoms with E-state index in [1.165, 1.54) is 6.07 Å². The number of carbonyl (C=O) groups is 1. The Bertz CT molecular complexity index is 1120. The zero-order valence-electron chi connectivity index (χ0n) is 18.5. The molecule has 12 heteroatoms. The van der Waals surface area contributed by atoms with Crippen molar-refractivity contribution in [3.8, 4) is 0 Å². The van der Waals surface area contributed by atoms with E-state index in [-0.39, 0.29) is 23.5 Å². The van der Waals surface area contributed by atoms with Crippen molar-refractivity contribution in [2.45, 2.75) is 37.9 Å². The Kier molecular flexibility index (Phi) is 6.15. The number of carbonyl (C=O) groups excluding carboxylic acids is 1. The van der Waals surface area contributed by atoms with Crippen LogP contribution >= 0.6 is 0 Å². The maximum atomic E-state index is 13.2. The Morgan fingerprint density at radius 2 is 1.88 bits per heavy atom. The van der Waals surface area contributed by atoms with Crippen molar-refractivity contribution in [3.63, 3.8) is 0 Å². The Hall–Kier alpha value is -3.15. The van der Waals surface area contributed by atoms with Gasteiger partial charge in [0.1, 0.15) is 11.6 Å². The molecule has 0 aliphatic carbocycles. The second kappa shape index (κ2) is 9.24. The van der Waals surface area contributed by atoms with Crippen LogP contribution in [-0.4, -0.2) is 63.3 Å². The maximum Gasteiger partial charge on any atom is 0.453 e. The molecule has 9 nitrogen and oxygen atoms in total. The lowest BCUT2D eigenvalue weighted by Crippen LogP contribution is -2.43. The fourth-order valence-corrected chi connectivity index (χ4v) is 4.78. The number of hydrogen-bond donors (Lipinski definition) is 1. The highest BCUT2D eigenvalue weighted by Crippen LogP contribution is 2.29. The van der Waals surface area contributed by atoms with Gasteiger partial charge in [-0.3, -0.25) is 9.69 Å². The summed E-state index contributed by atoms with van der Waals surface area (Å²) >= 11 is 0. The highest BCUT2D eigenvalue weighted by atomic mass is 19.4. The number of amides is 1. The molecular formula is C22H26F3N7O2. The van der Waals surface area contributed by atoms with Crippen molar-refractivity contribution in [2.24, 2.45) is 5.92 Å². The zero-order chi connectivity index (χ0) is 23.7. The smallest absolute Gasteiger partial charge is 0.453 e. The molecular weight excluding hydrogens is 451 g/mol. The Morgan fingerprint density at radius 3 is 2.56 bits per heavy atom. The molecule has 0 aromatic carbocycles. The third-order valence-corrected chi connectivity index (χ3v) is 6.61. The molecule has 182 valence electrons. The number of nitrogens with one attached hydrogen (secondary N) is 1. The SMILES string of the molecule is O=C(NCC(c1ccco1)N1CCCC1)C1CCN(c2ccc3nnc(C(F)(F)F)n3n2)CC1. The molecule has 1 atom stereocenters. The zero-order valence-corrected chi connectivity index (χ0v) is 18.5. The van der Waals surface area contributed by atoms with E-state index in [0.29, 0.717) is 38.3 Å². The number of alkyl halides is 3. The molecule has 3 aromatic rings. The molecule has 2 aliphatic rings. The van der Waals surface area contributed by atoms with Gasteiger partial charge in [0.05, 0.1) is 12.3 Å². The van der Waals surface area contributed by atoms with Crippen LogP contribution in [0, 0.1) is 5.92 Å². The Morgan fingerprint density at radius 1 is 1.12 bits per heavy atom. The van der Waals surface area contributed by atoms with Crippen LogP contribution in [0.4, 0.5) is 19.0 Å². The minimum absolute atomic E-state index is 0.00279. The van der Waals surface area contributed by atoms with Gasteiger partial charge in [0.15, 0.2) is 5.65 Å². The van der Waals surface area contributed by atoms with Gasteiger partial charge in [0.2, 0.25) is 5.91 Å². The largest absolute Gasteiger partial charge is 0.468 e. The average Bonchev–Trinajstić information content (AvgIpc) is 3.60. The van der Waals surface area contributed by atoms with Crippen LogP contribution in [-0.2, 0) is 11.0 Å². The van der Waals surface area contributed by atoms with Crippen LogP contribution in [0.15, 0.2) is 34.9 Å². The van der Waals surface area contributed by atoms with Crippen LogP contribution in [0.3, 0.4) is 0 Å². The summed E-state index contributed by atoms with van der Waals surface area (Å²) in [7, 11) is 0. The number of piperidine rings is 1. The van der Waals surface area contributed by atoms with Crippen molar-refractivity contribution in [3.05, 3.63) is 42.1 Å². The van der Waals surface area contributed by atoms with E-state index in [2.05, 4.69) is 25.5 Å². The lowest BCUT2D eigenvalue weighted by molar-refractivity contribution is -0.146. The van der Waals surface area contributed by atoms with E-state index in [4.69, 9.17) is 4.42 Å². The molecule has 2 fully saturated rings. The van der Waals surface area contributed by atoms with Gasteiger partial charge >= 0.3 is 6.18 Å². The van der Waals surface area contributed by atoms with E-state index >= 15 is 0 Å². The summed E-state index contributed by atoms with van der Waals surface area (Å²) in [6.07, 6.45) is 0.480. The number of hydrogen-bond acceptors (Lipinski definition) is 7. The minimum Gasteiger partial charge on any atom is -0.468 e. The summed E-state index contributed by atoms with van der Waals surface area (Å²) in [6, 6.07) is 6.92. The summed E-state index contributed by atoms with van der Waals surface area (Å²) in [4.78, 5) is 17.1. The van der Waals surface area contributed by atoms with Gasteiger partial charge in [-0.25, -0.2) is 0 Å². The summed E-state index contributed by atoms with van der Waals surface area (Å²) in [6.45, 7) is 3.50. The van der Waals surface area contributed by atoms with E-state index in [0.717, 1.165) is 36.2 Å². The number of fused-ring (bicyclic) bond motifs is 1. The van der Waals surface area contributed by atoms with Crippen LogP contribution in [0.1, 0.15) is 43.3 Å². The number of rotatable bonds is 6. The molecule has 0 radical (unpaired) electrons. The molecule has 1 amide bonds. The van der Waals surface area contributed by atoms with Gasteiger partial charge in [-0.05, 0) is 63.0 Å². The van der Waals surface area contributed by atoms with Crippen LogP contribution < -0.4 is 10.2 Å². The third-order valence-electron chi connectivity index (χ3n) is 6.61. The monoisotopic (exact) mass is 477 g/mol. The van der Waals surface area contributed by atoms with Gasteiger partial charge in [-0.2, -0.15) is 17.7 Å². The van der Waals surface area contributed by atoms with E-state index in [9.17, 15) is 18.0 Å². The number of anilines is 1. The van der Waals surface area contributed by atoms with Crippen molar-refractivity contribution in [1.29, 1.82) is 0 Å². The van der Waals surface area contributed by atoms with Crippen molar-refractivity contribution in [1.82, 2.24) is 30.0 Å². The van der Waals surface area contributed by atoms with Gasteiger partial charge in [0.25, 0.3) is 5.82 Å². The van der Waals surface area contributed by atoms with Crippen LogP contribution in [0.5, 0.6) is 0 Å². The fraction of sp³-hybridized carbons (Fsp3) is 0.545. The van der Waals surface area contributed by atoms with Crippen LogP contribution in [0.25, 0.3) is 5.65 Å². The highest BCUT2D eigenvalue weighted by Gasteiger charge is 2.38.